The molecule has 5 heteroatoms. The smallest absolute Gasteiger partial charge is 0.227 e. The van der Waals surface area contributed by atoms with Crippen molar-refractivity contribution in [3.05, 3.63) is 65.6 Å². The minimum Gasteiger partial charge on any atom is -0.324 e. The number of aromatic nitrogens is 3. The van der Waals surface area contributed by atoms with Crippen LogP contribution in [-0.2, 0) is 6.42 Å². The lowest BCUT2D eigenvalue weighted by Gasteiger charge is -2.07. The molecule has 0 fully saturated rings. The molecule has 0 amide bonds. The van der Waals surface area contributed by atoms with E-state index in [-0.39, 0.29) is 0 Å². The minimum atomic E-state index is 0.537. The van der Waals surface area contributed by atoms with Crippen molar-refractivity contribution in [1.82, 2.24) is 15.0 Å². The summed E-state index contributed by atoms with van der Waals surface area (Å²) in [5, 5.41) is 3.83. The molecule has 0 atom stereocenters. The van der Waals surface area contributed by atoms with Gasteiger partial charge in [-0.2, -0.15) is 0 Å². The molecule has 0 saturated heterocycles. The fourth-order valence-corrected chi connectivity index (χ4v) is 2.30. The van der Waals surface area contributed by atoms with E-state index in [4.69, 9.17) is 11.6 Å². The van der Waals surface area contributed by atoms with Crippen LogP contribution >= 0.6 is 11.6 Å². The normalized spacial score (nSPS) is 10.5. The van der Waals surface area contributed by atoms with E-state index in [9.17, 15) is 0 Å². The number of pyridine rings is 1. The Bertz CT molecular complexity index is 789. The Kier molecular flexibility index (Phi) is 4.30. The van der Waals surface area contributed by atoms with Gasteiger partial charge in [0.25, 0.3) is 0 Å². The van der Waals surface area contributed by atoms with E-state index in [1.807, 2.05) is 42.5 Å². The van der Waals surface area contributed by atoms with Gasteiger partial charge in [-0.3, -0.25) is 4.98 Å². The molecule has 0 aliphatic carbocycles. The minimum absolute atomic E-state index is 0.537. The van der Waals surface area contributed by atoms with E-state index in [1.54, 1.807) is 12.4 Å². The average Bonchev–Trinajstić information content (AvgIpc) is 2.55. The van der Waals surface area contributed by atoms with Gasteiger partial charge in [0, 0.05) is 34.4 Å². The number of halogens is 1. The van der Waals surface area contributed by atoms with Crippen molar-refractivity contribution in [1.29, 1.82) is 0 Å². The topological polar surface area (TPSA) is 50.7 Å². The lowest BCUT2D eigenvalue weighted by molar-refractivity contribution is 1.03. The molecular weight excluding hydrogens is 296 g/mol. The molecule has 2 aromatic heterocycles. The van der Waals surface area contributed by atoms with Gasteiger partial charge in [0.1, 0.15) is 0 Å². The quantitative estimate of drug-likeness (QED) is 0.771. The number of hydrogen-bond donors (Lipinski definition) is 1. The van der Waals surface area contributed by atoms with Crippen LogP contribution < -0.4 is 5.32 Å². The van der Waals surface area contributed by atoms with E-state index in [0.717, 1.165) is 29.1 Å². The zero-order valence-electron chi connectivity index (χ0n) is 12.1. The van der Waals surface area contributed by atoms with Gasteiger partial charge in [-0.15, -0.1) is 0 Å². The molecule has 2 heterocycles. The van der Waals surface area contributed by atoms with Gasteiger partial charge in [0.05, 0.1) is 5.69 Å². The molecule has 0 saturated carbocycles. The highest BCUT2D eigenvalue weighted by molar-refractivity contribution is 6.30. The van der Waals surface area contributed by atoms with E-state index in [1.165, 1.54) is 0 Å². The molecule has 0 radical (unpaired) electrons. The summed E-state index contributed by atoms with van der Waals surface area (Å²) in [6, 6.07) is 13.3. The molecule has 110 valence electrons. The number of rotatable bonds is 4. The van der Waals surface area contributed by atoms with E-state index >= 15 is 0 Å². The van der Waals surface area contributed by atoms with Crippen molar-refractivity contribution in [2.75, 3.05) is 5.32 Å². The van der Waals surface area contributed by atoms with Crippen LogP contribution in [0.5, 0.6) is 0 Å². The number of benzene rings is 1. The van der Waals surface area contributed by atoms with Crippen LogP contribution in [0.2, 0.25) is 5.02 Å². The van der Waals surface area contributed by atoms with E-state index < -0.39 is 0 Å². The molecule has 0 unspecified atom stereocenters. The summed E-state index contributed by atoms with van der Waals surface area (Å²) in [5.41, 5.74) is 3.79. The first-order valence-electron chi connectivity index (χ1n) is 7.05. The third-order valence-corrected chi connectivity index (χ3v) is 3.45. The summed E-state index contributed by atoms with van der Waals surface area (Å²) in [6.07, 6.45) is 4.44. The summed E-state index contributed by atoms with van der Waals surface area (Å²) in [5.74, 6) is 0.537. The monoisotopic (exact) mass is 310 g/mol. The van der Waals surface area contributed by atoms with Gasteiger partial charge in [-0.1, -0.05) is 24.6 Å². The van der Waals surface area contributed by atoms with Crippen molar-refractivity contribution >= 4 is 23.2 Å². The highest BCUT2D eigenvalue weighted by Crippen LogP contribution is 2.21. The maximum absolute atomic E-state index is 5.98. The summed E-state index contributed by atoms with van der Waals surface area (Å²) in [4.78, 5) is 13.1. The van der Waals surface area contributed by atoms with Crippen LogP contribution in [0.4, 0.5) is 11.6 Å². The predicted molar refractivity (Wildman–Crippen MR) is 89.4 cm³/mol. The third-order valence-electron chi connectivity index (χ3n) is 3.21. The average molecular weight is 311 g/mol. The first kappa shape index (κ1) is 14.5. The van der Waals surface area contributed by atoms with Crippen LogP contribution in [-0.4, -0.2) is 15.0 Å². The standard InChI is InChI=1S/C17H15ClN4/c1-2-14-10-12(6-8-19-14)16-7-9-20-17(22-16)21-15-5-3-4-13(18)11-15/h3-11H,2H2,1H3,(H,20,21,22). The van der Waals surface area contributed by atoms with Crippen molar-refractivity contribution in [3.8, 4) is 11.3 Å². The Balaban J connectivity index is 1.89. The molecule has 0 aliphatic heterocycles. The Labute approximate surface area is 134 Å². The number of hydrogen-bond acceptors (Lipinski definition) is 4. The first-order chi connectivity index (χ1) is 10.7. The molecule has 4 nitrogen and oxygen atoms in total. The molecule has 1 N–H and O–H groups in total. The number of nitrogens with zero attached hydrogens (tertiary/aromatic N) is 3. The van der Waals surface area contributed by atoms with Gasteiger partial charge in [0.15, 0.2) is 0 Å². The van der Waals surface area contributed by atoms with Gasteiger partial charge >= 0.3 is 0 Å². The molecular formula is C17H15ClN4. The molecule has 0 aliphatic rings. The second-order valence-electron chi connectivity index (χ2n) is 4.79. The summed E-state index contributed by atoms with van der Waals surface area (Å²) >= 11 is 5.98. The van der Waals surface area contributed by atoms with Gasteiger partial charge in [-0.05, 0) is 42.8 Å². The number of nitrogens with one attached hydrogen (secondary N) is 1. The SMILES string of the molecule is CCc1cc(-c2ccnc(Nc3cccc(Cl)c3)n2)ccn1. The number of aryl methyl sites for hydroxylation is 1. The molecule has 0 bridgehead atoms. The summed E-state index contributed by atoms with van der Waals surface area (Å²) in [7, 11) is 0. The second-order valence-corrected chi connectivity index (χ2v) is 5.23. The van der Waals surface area contributed by atoms with Crippen LogP contribution in [0, 0.1) is 0 Å². The van der Waals surface area contributed by atoms with Crippen LogP contribution in [0.25, 0.3) is 11.3 Å². The van der Waals surface area contributed by atoms with Crippen molar-refractivity contribution in [2.45, 2.75) is 13.3 Å². The first-order valence-corrected chi connectivity index (χ1v) is 7.43. The largest absolute Gasteiger partial charge is 0.324 e. The molecule has 3 aromatic rings. The lowest BCUT2D eigenvalue weighted by atomic mass is 10.1. The highest BCUT2D eigenvalue weighted by Gasteiger charge is 2.04. The van der Waals surface area contributed by atoms with Crippen molar-refractivity contribution in [2.24, 2.45) is 0 Å². The number of anilines is 2. The van der Waals surface area contributed by atoms with Gasteiger partial charge in [0.2, 0.25) is 5.95 Å². The predicted octanol–water partition coefficient (Wildman–Crippen LogP) is 4.50. The van der Waals surface area contributed by atoms with Crippen LogP contribution in [0.15, 0.2) is 54.9 Å². The van der Waals surface area contributed by atoms with Crippen LogP contribution in [0.3, 0.4) is 0 Å². The maximum Gasteiger partial charge on any atom is 0.227 e. The molecule has 1 aromatic carbocycles. The Morgan fingerprint density at radius 2 is 1.91 bits per heavy atom. The zero-order chi connectivity index (χ0) is 15.4. The van der Waals surface area contributed by atoms with Crippen LogP contribution in [0.1, 0.15) is 12.6 Å². The van der Waals surface area contributed by atoms with Gasteiger partial charge in [-0.25, -0.2) is 9.97 Å². The Hall–Kier alpha value is -2.46. The Morgan fingerprint density at radius 3 is 2.73 bits per heavy atom. The molecule has 22 heavy (non-hydrogen) atoms. The van der Waals surface area contributed by atoms with E-state index in [2.05, 4.69) is 27.2 Å². The Morgan fingerprint density at radius 1 is 1.05 bits per heavy atom. The zero-order valence-corrected chi connectivity index (χ0v) is 12.9. The maximum atomic E-state index is 5.98. The van der Waals surface area contributed by atoms with E-state index in [0.29, 0.717) is 11.0 Å². The second kappa shape index (κ2) is 6.54. The lowest BCUT2D eigenvalue weighted by Crippen LogP contribution is -1.98. The summed E-state index contributed by atoms with van der Waals surface area (Å²) < 4.78 is 0. The van der Waals surface area contributed by atoms with Crippen molar-refractivity contribution < 1.29 is 0 Å². The molecule has 0 spiro atoms. The third kappa shape index (κ3) is 3.40. The highest BCUT2D eigenvalue weighted by atomic mass is 35.5. The molecule has 3 rings (SSSR count). The fourth-order valence-electron chi connectivity index (χ4n) is 2.11. The fraction of sp³-hybridized carbons (Fsp3) is 0.118. The van der Waals surface area contributed by atoms with Gasteiger partial charge < -0.3 is 5.32 Å². The summed E-state index contributed by atoms with van der Waals surface area (Å²) in [6.45, 7) is 2.08. The van der Waals surface area contributed by atoms with Crippen molar-refractivity contribution in [3.63, 3.8) is 0 Å².